The van der Waals surface area contributed by atoms with Gasteiger partial charge < -0.3 is 10.2 Å². The summed E-state index contributed by atoms with van der Waals surface area (Å²) in [5, 5.41) is 20.3. The van der Waals surface area contributed by atoms with Gasteiger partial charge in [0.2, 0.25) is 0 Å². The van der Waals surface area contributed by atoms with Crippen molar-refractivity contribution in [3.05, 3.63) is 12.2 Å². The van der Waals surface area contributed by atoms with Gasteiger partial charge in [-0.15, -0.1) is 0 Å². The SMILES string of the molecule is C[C@]12CCC=C[C@@H]1[C@](C)(O)CC[C@@H]2O. The Morgan fingerprint density at radius 2 is 2.00 bits per heavy atom. The molecule has 2 rings (SSSR count). The maximum Gasteiger partial charge on any atom is 0.0689 e. The van der Waals surface area contributed by atoms with E-state index in [0.29, 0.717) is 6.42 Å². The monoisotopic (exact) mass is 196 g/mol. The Kier molecular flexibility index (Phi) is 2.24. The van der Waals surface area contributed by atoms with Gasteiger partial charge in [-0.3, -0.25) is 0 Å². The quantitative estimate of drug-likeness (QED) is 0.581. The zero-order valence-electron chi connectivity index (χ0n) is 9.03. The Bertz CT molecular complexity index is 257. The highest BCUT2D eigenvalue weighted by atomic mass is 16.3. The topological polar surface area (TPSA) is 40.5 Å². The molecular weight excluding hydrogens is 176 g/mol. The van der Waals surface area contributed by atoms with Crippen LogP contribution in [-0.2, 0) is 0 Å². The van der Waals surface area contributed by atoms with Crippen molar-refractivity contribution in [2.45, 2.75) is 51.2 Å². The van der Waals surface area contributed by atoms with Crippen molar-refractivity contribution in [3.63, 3.8) is 0 Å². The van der Waals surface area contributed by atoms with Gasteiger partial charge in [-0.1, -0.05) is 19.1 Å². The molecule has 2 nitrogen and oxygen atoms in total. The van der Waals surface area contributed by atoms with Gasteiger partial charge in [0.15, 0.2) is 0 Å². The van der Waals surface area contributed by atoms with Gasteiger partial charge in [0.05, 0.1) is 11.7 Å². The maximum atomic E-state index is 10.3. The molecule has 0 amide bonds. The van der Waals surface area contributed by atoms with Crippen LogP contribution in [0.15, 0.2) is 12.2 Å². The Hall–Kier alpha value is -0.340. The van der Waals surface area contributed by atoms with E-state index >= 15 is 0 Å². The van der Waals surface area contributed by atoms with Crippen molar-refractivity contribution >= 4 is 0 Å². The van der Waals surface area contributed by atoms with Crippen LogP contribution < -0.4 is 0 Å². The van der Waals surface area contributed by atoms with E-state index < -0.39 is 5.60 Å². The summed E-state index contributed by atoms with van der Waals surface area (Å²) in [4.78, 5) is 0. The number of aliphatic hydroxyl groups excluding tert-OH is 1. The predicted molar refractivity (Wildman–Crippen MR) is 55.8 cm³/mol. The lowest BCUT2D eigenvalue weighted by Crippen LogP contribution is -2.54. The molecule has 0 aromatic heterocycles. The molecule has 80 valence electrons. The first-order chi connectivity index (χ1) is 6.47. The highest BCUT2D eigenvalue weighted by molar-refractivity contribution is 5.13. The number of hydrogen-bond donors (Lipinski definition) is 2. The average Bonchev–Trinajstić information content (AvgIpc) is 2.13. The molecule has 14 heavy (non-hydrogen) atoms. The fourth-order valence-electron chi connectivity index (χ4n) is 3.21. The summed E-state index contributed by atoms with van der Waals surface area (Å²) in [6.45, 7) is 4.01. The molecule has 2 heteroatoms. The Balaban J connectivity index is 2.36. The molecule has 0 saturated heterocycles. The molecule has 1 fully saturated rings. The van der Waals surface area contributed by atoms with E-state index in [2.05, 4.69) is 19.1 Å². The van der Waals surface area contributed by atoms with E-state index in [9.17, 15) is 10.2 Å². The normalized spacial score (nSPS) is 52.9. The van der Waals surface area contributed by atoms with E-state index in [0.717, 1.165) is 19.3 Å². The van der Waals surface area contributed by atoms with Crippen molar-refractivity contribution in [2.75, 3.05) is 0 Å². The summed E-state index contributed by atoms with van der Waals surface area (Å²) in [7, 11) is 0. The van der Waals surface area contributed by atoms with Crippen LogP contribution in [0.3, 0.4) is 0 Å². The molecule has 2 aliphatic carbocycles. The second kappa shape index (κ2) is 3.07. The van der Waals surface area contributed by atoms with Crippen molar-refractivity contribution < 1.29 is 10.2 Å². The minimum Gasteiger partial charge on any atom is -0.393 e. The molecule has 0 unspecified atom stereocenters. The first kappa shape index (κ1) is 10.2. The van der Waals surface area contributed by atoms with E-state index in [-0.39, 0.29) is 17.4 Å². The average molecular weight is 196 g/mol. The standard InChI is InChI=1S/C12H20O2/c1-11-7-4-3-5-9(11)12(2,14)8-6-10(11)13/h3,5,9-10,13-14H,4,6-8H2,1-2H3/t9-,10-,11-,12+/m0/s1. The van der Waals surface area contributed by atoms with Gasteiger partial charge in [-0.2, -0.15) is 0 Å². The minimum absolute atomic E-state index is 0.115. The Morgan fingerprint density at radius 3 is 2.64 bits per heavy atom. The van der Waals surface area contributed by atoms with Crippen LogP contribution in [0.2, 0.25) is 0 Å². The summed E-state index contributed by atoms with van der Waals surface area (Å²) in [5.41, 5.74) is -0.749. The summed E-state index contributed by atoms with van der Waals surface area (Å²) < 4.78 is 0. The molecule has 0 radical (unpaired) electrons. The smallest absolute Gasteiger partial charge is 0.0689 e. The molecule has 0 aliphatic heterocycles. The van der Waals surface area contributed by atoms with E-state index in [1.54, 1.807) is 0 Å². The largest absolute Gasteiger partial charge is 0.393 e. The molecule has 0 aromatic carbocycles. The van der Waals surface area contributed by atoms with Crippen molar-refractivity contribution in [1.82, 2.24) is 0 Å². The van der Waals surface area contributed by atoms with E-state index in [1.165, 1.54) is 0 Å². The number of aliphatic hydroxyl groups is 2. The van der Waals surface area contributed by atoms with Gasteiger partial charge in [0.1, 0.15) is 0 Å². The molecule has 0 bridgehead atoms. The summed E-state index contributed by atoms with van der Waals surface area (Å²) >= 11 is 0. The first-order valence-electron chi connectivity index (χ1n) is 5.54. The van der Waals surface area contributed by atoms with E-state index in [4.69, 9.17) is 0 Å². The van der Waals surface area contributed by atoms with Gasteiger partial charge in [-0.05, 0) is 32.6 Å². The Labute approximate surface area is 85.6 Å². The fourth-order valence-corrected chi connectivity index (χ4v) is 3.21. The predicted octanol–water partition coefficient (Wildman–Crippen LogP) is 1.86. The third-order valence-electron chi connectivity index (χ3n) is 4.24. The van der Waals surface area contributed by atoms with Gasteiger partial charge in [0.25, 0.3) is 0 Å². The molecule has 2 aliphatic rings. The van der Waals surface area contributed by atoms with Crippen molar-refractivity contribution in [3.8, 4) is 0 Å². The zero-order valence-corrected chi connectivity index (χ0v) is 9.03. The fraction of sp³-hybridized carbons (Fsp3) is 0.833. The van der Waals surface area contributed by atoms with Crippen LogP contribution >= 0.6 is 0 Å². The van der Waals surface area contributed by atoms with E-state index in [1.807, 2.05) is 6.92 Å². The van der Waals surface area contributed by atoms with Crippen LogP contribution in [0.5, 0.6) is 0 Å². The molecule has 0 aromatic rings. The van der Waals surface area contributed by atoms with Crippen LogP contribution in [0, 0.1) is 11.3 Å². The molecule has 0 heterocycles. The highest BCUT2D eigenvalue weighted by Crippen LogP contribution is 2.51. The number of rotatable bonds is 0. The van der Waals surface area contributed by atoms with Gasteiger partial charge in [0, 0.05) is 11.3 Å². The van der Waals surface area contributed by atoms with Crippen molar-refractivity contribution in [2.24, 2.45) is 11.3 Å². The second-order valence-electron chi connectivity index (χ2n) is 5.36. The lowest BCUT2D eigenvalue weighted by molar-refractivity contribution is -0.137. The molecule has 4 atom stereocenters. The molecule has 1 saturated carbocycles. The third kappa shape index (κ3) is 1.32. The maximum absolute atomic E-state index is 10.3. The summed E-state index contributed by atoms with van der Waals surface area (Å²) in [5.74, 6) is 0.118. The number of allylic oxidation sites excluding steroid dienone is 1. The minimum atomic E-state index is -0.634. The molecule has 0 spiro atoms. The van der Waals surface area contributed by atoms with Gasteiger partial charge >= 0.3 is 0 Å². The summed E-state index contributed by atoms with van der Waals surface area (Å²) in [6.07, 6.45) is 7.45. The highest BCUT2D eigenvalue weighted by Gasteiger charge is 2.51. The van der Waals surface area contributed by atoms with Crippen molar-refractivity contribution in [1.29, 1.82) is 0 Å². The van der Waals surface area contributed by atoms with Gasteiger partial charge in [-0.25, -0.2) is 0 Å². The van der Waals surface area contributed by atoms with Crippen LogP contribution in [0.4, 0.5) is 0 Å². The summed E-state index contributed by atoms with van der Waals surface area (Å²) in [6, 6.07) is 0. The number of hydrogen-bond acceptors (Lipinski definition) is 2. The molecule has 2 N–H and O–H groups in total. The third-order valence-corrected chi connectivity index (χ3v) is 4.24. The lowest BCUT2D eigenvalue weighted by atomic mass is 9.56. The van der Waals surface area contributed by atoms with Crippen LogP contribution in [0.25, 0.3) is 0 Å². The second-order valence-corrected chi connectivity index (χ2v) is 5.36. The lowest BCUT2D eigenvalue weighted by Gasteiger charge is -2.52. The number of fused-ring (bicyclic) bond motifs is 1. The Morgan fingerprint density at radius 1 is 1.29 bits per heavy atom. The van der Waals surface area contributed by atoms with Crippen LogP contribution in [-0.4, -0.2) is 21.9 Å². The molecular formula is C12H20O2. The zero-order chi connectivity index (χ0) is 10.4. The van der Waals surface area contributed by atoms with Crippen LogP contribution in [0.1, 0.15) is 39.5 Å². The first-order valence-corrected chi connectivity index (χ1v) is 5.54.